The van der Waals surface area contributed by atoms with Crippen LogP contribution in [0.3, 0.4) is 0 Å². The van der Waals surface area contributed by atoms with E-state index < -0.39 is 5.97 Å². The lowest BCUT2D eigenvalue weighted by Gasteiger charge is -2.19. The molecular formula is C10H14N4O2S. The van der Waals surface area contributed by atoms with Crippen molar-refractivity contribution in [2.75, 3.05) is 5.75 Å². The molecular weight excluding hydrogens is 240 g/mol. The predicted octanol–water partition coefficient (Wildman–Crippen LogP) is 1.36. The van der Waals surface area contributed by atoms with Crippen LogP contribution < -0.4 is 0 Å². The van der Waals surface area contributed by atoms with Gasteiger partial charge in [-0.05, 0) is 0 Å². The second kappa shape index (κ2) is 4.14. The predicted molar refractivity (Wildman–Crippen MR) is 64.5 cm³/mol. The van der Waals surface area contributed by atoms with E-state index in [0.29, 0.717) is 11.5 Å². The summed E-state index contributed by atoms with van der Waals surface area (Å²) < 4.78 is 1.66. The molecule has 0 saturated carbocycles. The Labute approximate surface area is 103 Å². The van der Waals surface area contributed by atoms with Gasteiger partial charge in [-0.25, -0.2) is 0 Å². The molecule has 1 aromatic rings. The zero-order chi connectivity index (χ0) is 12.6. The topological polar surface area (TPSA) is 80.4 Å². The number of fused-ring (bicyclic) bond motifs is 1. The van der Waals surface area contributed by atoms with E-state index in [0.717, 1.165) is 11.0 Å². The van der Waals surface area contributed by atoms with Crippen molar-refractivity contribution in [2.24, 2.45) is 5.10 Å². The highest BCUT2D eigenvalue weighted by Crippen LogP contribution is 2.28. The van der Waals surface area contributed by atoms with Gasteiger partial charge in [-0.3, -0.25) is 4.79 Å². The van der Waals surface area contributed by atoms with Crippen molar-refractivity contribution in [1.82, 2.24) is 14.9 Å². The highest BCUT2D eigenvalue weighted by molar-refractivity contribution is 7.99. The molecule has 0 saturated heterocycles. The van der Waals surface area contributed by atoms with Gasteiger partial charge < -0.3 is 5.11 Å². The first-order chi connectivity index (χ1) is 7.88. The Hall–Kier alpha value is -1.37. The van der Waals surface area contributed by atoms with Gasteiger partial charge in [0.15, 0.2) is 5.82 Å². The lowest BCUT2D eigenvalue weighted by molar-refractivity contribution is -0.135. The van der Waals surface area contributed by atoms with Crippen molar-refractivity contribution >= 4 is 23.4 Å². The molecule has 0 spiro atoms. The van der Waals surface area contributed by atoms with Crippen molar-refractivity contribution < 1.29 is 9.90 Å². The van der Waals surface area contributed by atoms with Gasteiger partial charge >= 0.3 is 5.97 Å². The molecule has 6 nitrogen and oxygen atoms in total. The Morgan fingerprint density at radius 1 is 1.47 bits per heavy atom. The average Bonchev–Trinajstić information content (AvgIpc) is 2.58. The minimum Gasteiger partial charge on any atom is -0.481 e. The maximum Gasteiger partial charge on any atom is 0.309 e. The maximum absolute atomic E-state index is 10.7. The fraction of sp³-hybridized carbons (Fsp3) is 0.600. The molecule has 0 radical (unpaired) electrons. The number of rotatable bonds is 2. The number of thioether (sulfide) groups is 1. The van der Waals surface area contributed by atoms with Gasteiger partial charge in [-0.15, -0.1) is 10.2 Å². The van der Waals surface area contributed by atoms with Crippen molar-refractivity contribution in [1.29, 1.82) is 0 Å². The van der Waals surface area contributed by atoms with Crippen LogP contribution in [0.4, 0.5) is 0 Å². The van der Waals surface area contributed by atoms with E-state index in [1.54, 1.807) is 4.68 Å². The second-order valence-corrected chi connectivity index (χ2v) is 5.84. The summed E-state index contributed by atoms with van der Waals surface area (Å²) in [6.45, 7) is 6.07. The maximum atomic E-state index is 10.7. The summed E-state index contributed by atoms with van der Waals surface area (Å²) >= 11 is 1.47. The van der Waals surface area contributed by atoms with Crippen LogP contribution in [0.5, 0.6) is 0 Å². The molecule has 1 aliphatic heterocycles. The van der Waals surface area contributed by atoms with Crippen LogP contribution >= 0.6 is 11.8 Å². The van der Waals surface area contributed by atoms with Gasteiger partial charge in [-0.2, -0.15) is 9.78 Å². The molecule has 0 bridgehead atoms. The lowest BCUT2D eigenvalue weighted by Crippen LogP contribution is -2.22. The van der Waals surface area contributed by atoms with Crippen molar-refractivity contribution in [3.05, 3.63) is 5.82 Å². The average molecular weight is 254 g/mol. The number of carbonyl (C=O) groups is 1. The summed E-state index contributed by atoms with van der Waals surface area (Å²) in [7, 11) is 0. The largest absolute Gasteiger partial charge is 0.481 e. The number of aromatic nitrogens is 3. The fourth-order valence-electron chi connectivity index (χ4n) is 1.49. The highest BCUT2D eigenvalue weighted by Gasteiger charge is 2.27. The molecule has 2 heterocycles. The molecule has 1 aromatic heterocycles. The molecule has 0 amide bonds. The quantitative estimate of drug-likeness (QED) is 0.862. The third kappa shape index (κ3) is 2.49. The number of carboxylic acids is 1. The van der Waals surface area contributed by atoms with Crippen LogP contribution in [0, 0.1) is 0 Å². The van der Waals surface area contributed by atoms with Gasteiger partial charge in [0.1, 0.15) is 0 Å². The van der Waals surface area contributed by atoms with Gasteiger partial charge in [0.2, 0.25) is 5.16 Å². The summed E-state index contributed by atoms with van der Waals surface area (Å²) in [4.78, 5) is 10.7. The molecule has 2 rings (SSSR count). The van der Waals surface area contributed by atoms with Crippen LogP contribution in [0.15, 0.2) is 10.3 Å². The first kappa shape index (κ1) is 12.1. The molecule has 7 heteroatoms. The van der Waals surface area contributed by atoms with Gasteiger partial charge in [0, 0.05) is 11.2 Å². The standard InChI is InChI=1S/C10H14N4O2S/c1-10(2,3)8-11-12-9-14(8)13-6(5-17-9)4-7(15)16/h4-5H2,1-3H3,(H,15,16). The number of carboxylic acid groups (broad SMARTS) is 1. The zero-order valence-corrected chi connectivity index (χ0v) is 10.8. The minimum atomic E-state index is -0.863. The van der Waals surface area contributed by atoms with E-state index >= 15 is 0 Å². The van der Waals surface area contributed by atoms with Gasteiger partial charge in [-0.1, -0.05) is 32.5 Å². The molecule has 17 heavy (non-hydrogen) atoms. The van der Waals surface area contributed by atoms with Gasteiger partial charge in [0.05, 0.1) is 12.1 Å². The summed E-state index contributed by atoms with van der Waals surface area (Å²) in [5.74, 6) is 0.454. The van der Waals surface area contributed by atoms with Crippen molar-refractivity contribution in [2.45, 2.75) is 37.8 Å². The molecule has 0 unspecified atom stereocenters. The fourth-order valence-corrected chi connectivity index (χ4v) is 2.30. The first-order valence-corrected chi connectivity index (χ1v) is 6.23. The van der Waals surface area contributed by atoms with Crippen LogP contribution in [0.25, 0.3) is 0 Å². The summed E-state index contributed by atoms with van der Waals surface area (Å²) in [6, 6.07) is 0. The van der Waals surface area contributed by atoms with E-state index in [4.69, 9.17) is 5.11 Å². The number of hydrogen-bond donors (Lipinski definition) is 1. The zero-order valence-electron chi connectivity index (χ0n) is 9.97. The molecule has 1 aliphatic rings. The molecule has 0 atom stereocenters. The van der Waals surface area contributed by atoms with E-state index in [-0.39, 0.29) is 11.8 Å². The highest BCUT2D eigenvalue weighted by atomic mass is 32.2. The third-order valence-corrected chi connectivity index (χ3v) is 3.24. The van der Waals surface area contributed by atoms with Crippen molar-refractivity contribution in [3.8, 4) is 0 Å². The van der Waals surface area contributed by atoms with Crippen LogP contribution in [-0.4, -0.2) is 37.4 Å². The normalized spacial score (nSPS) is 15.4. The Kier molecular flexibility index (Phi) is 2.94. The van der Waals surface area contributed by atoms with Crippen LogP contribution in [-0.2, 0) is 10.2 Å². The van der Waals surface area contributed by atoms with Crippen LogP contribution in [0.1, 0.15) is 33.0 Å². The Morgan fingerprint density at radius 3 is 2.76 bits per heavy atom. The lowest BCUT2D eigenvalue weighted by atomic mass is 9.96. The van der Waals surface area contributed by atoms with E-state index in [9.17, 15) is 4.79 Å². The second-order valence-electron chi connectivity index (χ2n) is 4.89. The molecule has 92 valence electrons. The SMILES string of the molecule is CC(C)(C)c1nnc2n1N=C(CC(=O)O)CS2. The van der Waals surface area contributed by atoms with Gasteiger partial charge in [0.25, 0.3) is 0 Å². The molecule has 0 fully saturated rings. The summed E-state index contributed by atoms with van der Waals surface area (Å²) in [5, 5.41) is 22.0. The van der Waals surface area contributed by atoms with E-state index in [2.05, 4.69) is 15.3 Å². The third-order valence-electron chi connectivity index (χ3n) is 2.25. The Bertz CT molecular complexity index is 487. The van der Waals surface area contributed by atoms with Crippen molar-refractivity contribution in [3.63, 3.8) is 0 Å². The number of nitrogens with zero attached hydrogens (tertiary/aromatic N) is 4. The van der Waals surface area contributed by atoms with Crippen LogP contribution in [0.2, 0.25) is 0 Å². The molecule has 1 N–H and O–H groups in total. The number of aliphatic carboxylic acids is 1. The van der Waals surface area contributed by atoms with E-state index in [1.807, 2.05) is 20.8 Å². The molecule has 0 aromatic carbocycles. The monoisotopic (exact) mass is 254 g/mol. The molecule has 0 aliphatic carbocycles. The Morgan fingerprint density at radius 2 is 2.18 bits per heavy atom. The Balaban J connectivity index is 2.38. The van der Waals surface area contributed by atoms with E-state index in [1.165, 1.54) is 11.8 Å². The smallest absolute Gasteiger partial charge is 0.309 e. The number of hydrogen-bond acceptors (Lipinski definition) is 5. The summed E-state index contributed by atoms with van der Waals surface area (Å²) in [5.41, 5.74) is 0.473. The summed E-state index contributed by atoms with van der Waals surface area (Å²) in [6.07, 6.45) is -0.0335. The first-order valence-electron chi connectivity index (χ1n) is 5.25. The minimum absolute atomic E-state index is 0.0335.